The number of halogens is 1. The van der Waals surface area contributed by atoms with E-state index in [0.29, 0.717) is 10.7 Å². The maximum absolute atomic E-state index is 12.2. The van der Waals surface area contributed by atoms with Crippen LogP contribution in [-0.2, 0) is 9.59 Å². The number of quaternary nitrogens is 2. The number of rotatable bonds is 5. The van der Waals surface area contributed by atoms with E-state index in [0.717, 1.165) is 36.6 Å². The minimum Gasteiger partial charge on any atom is -0.544 e. The van der Waals surface area contributed by atoms with Crippen molar-refractivity contribution < 1.29 is 24.9 Å². The Morgan fingerprint density at radius 3 is 2.73 bits per heavy atom. The SMILES string of the molecule is Cc1c(Cl)cccc1NC(=O)C[C@H](C(=O)[O-])[NH+]1CC[NH2+]CC1. The van der Waals surface area contributed by atoms with Crippen LogP contribution in [0.3, 0.4) is 0 Å². The monoisotopic (exact) mass is 326 g/mol. The molecule has 4 N–H and O–H groups in total. The average molecular weight is 327 g/mol. The summed E-state index contributed by atoms with van der Waals surface area (Å²) < 4.78 is 0. The van der Waals surface area contributed by atoms with Crippen molar-refractivity contribution in [2.24, 2.45) is 0 Å². The van der Waals surface area contributed by atoms with Crippen LogP contribution in [-0.4, -0.2) is 44.1 Å². The molecular formula is C15H21ClN3O3+. The molecule has 1 aromatic carbocycles. The lowest BCUT2D eigenvalue weighted by atomic mass is 10.1. The topological polar surface area (TPSA) is 90.3 Å². The third-order valence-corrected chi connectivity index (χ3v) is 4.46. The maximum Gasteiger partial charge on any atom is 0.230 e. The number of hydrogen-bond donors (Lipinski definition) is 3. The molecule has 0 saturated carbocycles. The Morgan fingerprint density at radius 1 is 1.41 bits per heavy atom. The summed E-state index contributed by atoms with van der Waals surface area (Å²) in [6.07, 6.45) is -0.0936. The van der Waals surface area contributed by atoms with Crippen molar-refractivity contribution in [3.8, 4) is 0 Å². The summed E-state index contributed by atoms with van der Waals surface area (Å²) in [4.78, 5) is 24.4. The predicted molar refractivity (Wildman–Crippen MR) is 80.6 cm³/mol. The summed E-state index contributed by atoms with van der Waals surface area (Å²) >= 11 is 6.01. The van der Waals surface area contributed by atoms with Gasteiger partial charge >= 0.3 is 0 Å². The average Bonchev–Trinajstić information content (AvgIpc) is 2.50. The quantitative estimate of drug-likeness (QED) is 0.561. The number of aliphatic carboxylic acids is 1. The molecule has 1 saturated heterocycles. The highest BCUT2D eigenvalue weighted by molar-refractivity contribution is 6.31. The van der Waals surface area contributed by atoms with Gasteiger partial charge in [-0.3, -0.25) is 4.79 Å². The van der Waals surface area contributed by atoms with Gasteiger partial charge in [0.2, 0.25) is 5.91 Å². The molecule has 1 aliphatic heterocycles. The molecule has 22 heavy (non-hydrogen) atoms. The largest absolute Gasteiger partial charge is 0.544 e. The van der Waals surface area contributed by atoms with E-state index in [1.165, 1.54) is 0 Å². The molecule has 1 aromatic rings. The van der Waals surface area contributed by atoms with Gasteiger partial charge in [-0.15, -0.1) is 0 Å². The molecule has 0 aromatic heterocycles. The van der Waals surface area contributed by atoms with Crippen molar-refractivity contribution in [3.05, 3.63) is 28.8 Å². The van der Waals surface area contributed by atoms with E-state index in [1.807, 2.05) is 0 Å². The van der Waals surface area contributed by atoms with E-state index in [4.69, 9.17) is 11.6 Å². The van der Waals surface area contributed by atoms with E-state index in [9.17, 15) is 14.7 Å². The summed E-state index contributed by atoms with van der Waals surface area (Å²) in [6.45, 7) is 4.99. The second-order valence-electron chi connectivity index (χ2n) is 5.56. The van der Waals surface area contributed by atoms with Gasteiger partial charge in [-0.25, -0.2) is 0 Å². The summed E-state index contributed by atoms with van der Waals surface area (Å²) in [5, 5.41) is 16.8. The first-order chi connectivity index (χ1) is 10.5. The zero-order chi connectivity index (χ0) is 16.1. The molecule has 1 amide bonds. The van der Waals surface area contributed by atoms with Crippen molar-refractivity contribution in [1.29, 1.82) is 0 Å². The smallest absolute Gasteiger partial charge is 0.230 e. The first-order valence-corrected chi connectivity index (χ1v) is 7.79. The minimum absolute atomic E-state index is 0.0936. The number of nitrogens with one attached hydrogen (secondary N) is 2. The zero-order valence-corrected chi connectivity index (χ0v) is 13.3. The Hall–Kier alpha value is -1.63. The van der Waals surface area contributed by atoms with Gasteiger partial charge in [-0.1, -0.05) is 17.7 Å². The minimum atomic E-state index is -1.17. The Morgan fingerprint density at radius 2 is 2.09 bits per heavy atom. The molecule has 0 bridgehead atoms. The van der Waals surface area contributed by atoms with Gasteiger partial charge in [0, 0.05) is 10.7 Å². The lowest BCUT2D eigenvalue weighted by Gasteiger charge is -2.30. The second-order valence-corrected chi connectivity index (χ2v) is 5.97. The molecular weight excluding hydrogens is 306 g/mol. The van der Waals surface area contributed by atoms with E-state index >= 15 is 0 Å². The summed E-state index contributed by atoms with van der Waals surface area (Å²) in [7, 11) is 0. The van der Waals surface area contributed by atoms with Crippen LogP contribution in [0, 0.1) is 6.92 Å². The van der Waals surface area contributed by atoms with E-state index in [-0.39, 0.29) is 12.3 Å². The zero-order valence-electron chi connectivity index (χ0n) is 12.5. The number of piperazine rings is 1. The van der Waals surface area contributed by atoms with Gasteiger partial charge in [-0.2, -0.15) is 0 Å². The van der Waals surface area contributed by atoms with Crippen LogP contribution in [0.2, 0.25) is 5.02 Å². The van der Waals surface area contributed by atoms with Crippen molar-refractivity contribution in [2.75, 3.05) is 31.5 Å². The molecule has 1 aliphatic rings. The van der Waals surface area contributed by atoms with E-state index in [1.54, 1.807) is 25.1 Å². The van der Waals surface area contributed by atoms with Crippen molar-refractivity contribution in [2.45, 2.75) is 19.4 Å². The van der Waals surface area contributed by atoms with Crippen LogP contribution in [0.25, 0.3) is 0 Å². The first-order valence-electron chi connectivity index (χ1n) is 7.41. The Kier molecular flexibility index (Phi) is 5.76. The summed E-state index contributed by atoms with van der Waals surface area (Å²) in [6, 6.07) is 4.42. The number of anilines is 1. The normalized spacial score (nSPS) is 17.0. The van der Waals surface area contributed by atoms with Crippen LogP contribution in [0.1, 0.15) is 12.0 Å². The van der Waals surface area contributed by atoms with Crippen molar-refractivity contribution in [1.82, 2.24) is 0 Å². The summed E-state index contributed by atoms with van der Waals surface area (Å²) in [5.74, 6) is -1.50. The first kappa shape index (κ1) is 16.7. The Labute approximate surface area is 134 Å². The lowest BCUT2D eigenvalue weighted by molar-refractivity contribution is -0.961. The third-order valence-electron chi connectivity index (χ3n) is 4.05. The summed E-state index contributed by atoms with van der Waals surface area (Å²) in [5.41, 5.74) is 1.37. The van der Waals surface area contributed by atoms with Crippen LogP contribution in [0.5, 0.6) is 0 Å². The maximum atomic E-state index is 12.2. The Balaban J connectivity index is 2.02. The molecule has 7 heteroatoms. The molecule has 1 atom stereocenters. The Bertz CT molecular complexity index is 559. The molecule has 1 heterocycles. The number of carboxylic acids is 1. The van der Waals surface area contributed by atoms with Gasteiger partial charge < -0.3 is 25.4 Å². The van der Waals surface area contributed by atoms with Crippen LogP contribution < -0.4 is 20.6 Å². The number of carbonyl (C=O) groups is 2. The van der Waals surface area contributed by atoms with Gasteiger partial charge in [-0.05, 0) is 24.6 Å². The van der Waals surface area contributed by atoms with Crippen molar-refractivity contribution >= 4 is 29.2 Å². The van der Waals surface area contributed by atoms with Crippen LogP contribution in [0.15, 0.2) is 18.2 Å². The molecule has 0 spiro atoms. The molecule has 0 aliphatic carbocycles. The fourth-order valence-electron chi connectivity index (χ4n) is 2.72. The van der Waals surface area contributed by atoms with Crippen LogP contribution in [0.4, 0.5) is 5.69 Å². The fraction of sp³-hybridized carbons (Fsp3) is 0.467. The molecule has 2 rings (SSSR count). The van der Waals surface area contributed by atoms with E-state index < -0.39 is 12.0 Å². The number of hydrogen-bond acceptors (Lipinski definition) is 3. The molecule has 6 nitrogen and oxygen atoms in total. The number of amides is 1. The lowest BCUT2D eigenvalue weighted by Crippen LogP contribution is -3.24. The van der Waals surface area contributed by atoms with E-state index in [2.05, 4.69) is 10.6 Å². The highest BCUT2D eigenvalue weighted by atomic mass is 35.5. The van der Waals surface area contributed by atoms with Gasteiger partial charge in [0.1, 0.15) is 32.2 Å². The van der Waals surface area contributed by atoms with Gasteiger partial charge in [0.05, 0.1) is 12.4 Å². The standard InChI is InChI=1S/C15H20ClN3O3/c1-10-11(16)3-2-4-12(10)18-14(20)9-13(15(21)22)19-7-5-17-6-8-19/h2-4,13,17H,5-9H2,1H3,(H,18,20)(H,21,22)/p+1/t13-/m1/s1. The van der Waals surface area contributed by atoms with Gasteiger partial charge in [0.15, 0.2) is 0 Å². The molecule has 0 unspecified atom stereocenters. The molecule has 120 valence electrons. The number of nitrogens with two attached hydrogens (primary N) is 1. The fourth-order valence-corrected chi connectivity index (χ4v) is 2.89. The molecule has 0 radical (unpaired) electrons. The highest BCUT2D eigenvalue weighted by Crippen LogP contribution is 2.22. The number of benzene rings is 1. The molecule has 1 fully saturated rings. The predicted octanol–water partition coefficient (Wildman–Crippen LogP) is -2.44. The number of carbonyl (C=O) groups excluding carboxylic acids is 2. The third kappa shape index (κ3) is 4.19. The van der Waals surface area contributed by atoms with Gasteiger partial charge in [0.25, 0.3) is 0 Å². The number of carboxylic acid groups (broad SMARTS) is 1. The highest BCUT2D eigenvalue weighted by Gasteiger charge is 2.29. The second kappa shape index (κ2) is 7.58. The van der Waals surface area contributed by atoms with Crippen LogP contribution >= 0.6 is 11.6 Å². The van der Waals surface area contributed by atoms with Crippen molar-refractivity contribution in [3.63, 3.8) is 0 Å².